The first kappa shape index (κ1) is 10.7. The minimum Gasteiger partial charge on any atom is -0.472 e. The molecule has 0 spiro atoms. The highest BCUT2D eigenvalue weighted by Crippen LogP contribution is 2.34. The molecule has 2 N–H and O–H groups in total. The Hall–Kier alpha value is -1.82. The van der Waals surface area contributed by atoms with Crippen LogP contribution in [0.1, 0.15) is 13.2 Å². The van der Waals surface area contributed by atoms with Gasteiger partial charge in [0.1, 0.15) is 11.9 Å². The first-order valence-electron chi connectivity index (χ1n) is 4.85. The SMILES string of the molecule is C=C1OC(n2ccc(=O)[nH]c2=O)C(C)C1O. The molecule has 3 unspecified atom stereocenters. The molecule has 2 rings (SSSR count). The fourth-order valence-corrected chi connectivity index (χ4v) is 1.72. The number of aromatic amines is 1. The van der Waals surface area contributed by atoms with Gasteiger partial charge >= 0.3 is 5.69 Å². The number of aliphatic hydroxyl groups is 1. The molecule has 6 nitrogen and oxygen atoms in total. The monoisotopic (exact) mass is 224 g/mol. The van der Waals surface area contributed by atoms with E-state index in [2.05, 4.69) is 11.6 Å². The van der Waals surface area contributed by atoms with Crippen molar-refractivity contribution in [1.82, 2.24) is 9.55 Å². The standard InChI is InChI=1S/C10H12N2O4/c1-5-8(14)6(2)16-9(5)12-4-3-7(13)11-10(12)15/h3-5,8-9,14H,2H2,1H3,(H,11,13,15). The van der Waals surface area contributed by atoms with Gasteiger partial charge in [-0.15, -0.1) is 0 Å². The van der Waals surface area contributed by atoms with Crippen molar-refractivity contribution in [2.24, 2.45) is 5.92 Å². The molecule has 1 aromatic heterocycles. The van der Waals surface area contributed by atoms with Crippen LogP contribution in [0, 0.1) is 5.92 Å². The van der Waals surface area contributed by atoms with Crippen molar-refractivity contribution in [3.8, 4) is 0 Å². The van der Waals surface area contributed by atoms with Crippen molar-refractivity contribution in [3.63, 3.8) is 0 Å². The Bertz CT molecular complexity index is 530. The molecule has 1 aliphatic rings. The molecule has 16 heavy (non-hydrogen) atoms. The fourth-order valence-electron chi connectivity index (χ4n) is 1.72. The zero-order valence-corrected chi connectivity index (χ0v) is 8.71. The van der Waals surface area contributed by atoms with Gasteiger partial charge in [-0.3, -0.25) is 14.3 Å². The van der Waals surface area contributed by atoms with Gasteiger partial charge < -0.3 is 9.84 Å². The summed E-state index contributed by atoms with van der Waals surface area (Å²) < 4.78 is 6.52. The summed E-state index contributed by atoms with van der Waals surface area (Å²) in [6.45, 7) is 5.29. The number of nitrogens with one attached hydrogen (secondary N) is 1. The summed E-state index contributed by atoms with van der Waals surface area (Å²) >= 11 is 0. The minimum atomic E-state index is -0.802. The molecule has 1 saturated heterocycles. The van der Waals surface area contributed by atoms with Crippen LogP contribution in [-0.4, -0.2) is 20.8 Å². The Balaban J connectivity index is 2.43. The van der Waals surface area contributed by atoms with Gasteiger partial charge in [0, 0.05) is 18.2 Å². The summed E-state index contributed by atoms with van der Waals surface area (Å²) in [6.07, 6.45) is -0.0936. The molecular weight excluding hydrogens is 212 g/mol. The van der Waals surface area contributed by atoms with E-state index in [1.54, 1.807) is 6.92 Å². The van der Waals surface area contributed by atoms with Crippen LogP contribution in [0.2, 0.25) is 0 Å². The molecule has 0 amide bonds. The summed E-state index contributed by atoms with van der Waals surface area (Å²) in [6, 6.07) is 1.23. The smallest absolute Gasteiger partial charge is 0.331 e. The van der Waals surface area contributed by atoms with Crippen LogP contribution in [-0.2, 0) is 4.74 Å². The van der Waals surface area contributed by atoms with Crippen LogP contribution < -0.4 is 11.2 Å². The lowest BCUT2D eigenvalue weighted by Crippen LogP contribution is -2.33. The summed E-state index contributed by atoms with van der Waals surface area (Å²) in [5.74, 6) is -0.0632. The molecule has 1 fully saturated rings. The number of aromatic nitrogens is 2. The lowest BCUT2D eigenvalue weighted by Gasteiger charge is -2.16. The minimum absolute atomic E-state index is 0.232. The van der Waals surface area contributed by atoms with Crippen LogP contribution in [0.5, 0.6) is 0 Å². The summed E-state index contributed by atoms with van der Waals surface area (Å²) in [5, 5.41) is 9.63. The molecular formula is C10H12N2O4. The predicted molar refractivity (Wildman–Crippen MR) is 55.8 cm³/mol. The second-order valence-corrected chi connectivity index (χ2v) is 3.80. The lowest BCUT2D eigenvalue weighted by molar-refractivity contribution is 0.0629. The van der Waals surface area contributed by atoms with Crippen LogP contribution in [0.4, 0.5) is 0 Å². The second kappa shape index (κ2) is 3.64. The van der Waals surface area contributed by atoms with E-state index in [-0.39, 0.29) is 11.7 Å². The lowest BCUT2D eigenvalue weighted by atomic mass is 10.1. The molecule has 0 bridgehead atoms. The summed E-state index contributed by atoms with van der Waals surface area (Å²) in [4.78, 5) is 24.5. The Morgan fingerprint density at radius 2 is 2.25 bits per heavy atom. The molecule has 1 aromatic rings. The van der Waals surface area contributed by atoms with Crippen molar-refractivity contribution in [1.29, 1.82) is 0 Å². The highest BCUT2D eigenvalue weighted by Gasteiger charge is 2.38. The maximum absolute atomic E-state index is 11.5. The first-order valence-corrected chi connectivity index (χ1v) is 4.85. The topological polar surface area (TPSA) is 84.3 Å². The first-order chi connectivity index (χ1) is 7.50. The van der Waals surface area contributed by atoms with Crippen LogP contribution in [0.25, 0.3) is 0 Å². The number of hydrogen-bond acceptors (Lipinski definition) is 4. The summed E-state index contributed by atoms with van der Waals surface area (Å²) in [7, 11) is 0. The van der Waals surface area contributed by atoms with E-state index in [4.69, 9.17) is 4.74 Å². The maximum atomic E-state index is 11.5. The van der Waals surface area contributed by atoms with E-state index in [1.807, 2.05) is 0 Å². The van der Waals surface area contributed by atoms with Crippen molar-refractivity contribution in [2.45, 2.75) is 19.3 Å². The number of rotatable bonds is 1. The average Bonchev–Trinajstić information content (AvgIpc) is 2.46. The van der Waals surface area contributed by atoms with Gasteiger partial charge in [0.2, 0.25) is 0 Å². The zero-order valence-electron chi connectivity index (χ0n) is 8.71. The van der Waals surface area contributed by atoms with Gasteiger partial charge in [0.25, 0.3) is 5.56 Å². The van der Waals surface area contributed by atoms with Gasteiger partial charge in [0.05, 0.1) is 0 Å². The molecule has 0 aliphatic carbocycles. The Morgan fingerprint density at radius 1 is 1.56 bits per heavy atom. The van der Waals surface area contributed by atoms with E-state index < -0.39 is 23.6 Å². The molecule has 0 aromatic carbocycles. The van der Waals surface area contributed by atoms with Gasteiger partial charge in [-0.1, -0.05) is 13.5 Å². The van der Waals surface area contributed by atoms with Crippen molar-refractivity contribution in [2.75, 3.05) is 0 Å². The Morgan fingerprint density at radius 3 is 2.75 bits per heavy atom. The number of aliphatic hydroxyl groups excluding tert-OH is 1. The Kier molecular flexibility index (Phi) is 2.43. The second-order valence-electron chi connectivity index (χ2n) is 3.80. The molecule has 6 heteroatoms. The van der Waals surface area contributed by atoms with Crippen molar-refractivity contribution in [3.05, 3.63) is 45.4 Å². The van der Waals surface area contributed by atoms with E-state index >= 15 is 0 Å². The number of hydrogen-bond donors (Lipinski definition) is 2. The molecule has 86 valence electrons. The molecule has 0 radical (unpaired) electrons. The largest absolute Gasteiger partial charge is 0.472 e. The third-order valence-electron chi connectivity index (χ3n) is 2.68. The maximum Gasteiger partial charge on any atom is 0.331 e. The molecule has 0 saturated carbocycles. The predicted octanol–water partition coefficient (Wildman–Crippen LogP) is -0.424. The van der Waals surface area contributed by atoms with Gasteiger partial charge in [-0.25, -0.2) is 4.79 Å². The van der Waals surface area contributed by atoms with Gasteiger partial charge in [0.15, 0.2) is 6.23 Å². The fraction of sp³-hybridized carbons (Fsp3) is 0.400. The molecule has 2 heterocycles. The zero-order chi connectivity index (χ0) is 11.9. The quantitative estimate of drug-likeness (QED) is 0.678. The van der Waals surface area contributed by atoms with Crippen molar-refractivity contribution >= 4 is 0 Å². The van der Waals surface area contributed by atoms with Gasteiger partial charge in [-0.05, 0) is 0 Å². The number of ether oxygens (including phenoxy) is 1. The van der Waals surface area contributed by atoms with E-state index in [9.17, 15) is 14.7 Å². The highest BCUT2D eigenvalue weighted by molar-refractivity contribution is 5.03. The Labute approximate surface area is 90.8 Å². The van der Waals surface area contributed by atoms with Crippen LogP contribution in [0.3, 0.4) is 0 Å². The molecule has 3 atom stereocenters. The van der Waals surface area contributed by atoms with E-state index in [1.165, 1.54) is 16.8 Å². The van der Waals surface area contributed by atoms with Crippen LogP contribution in [0.15, 0.2) is 34.2 Å². The van der Waals surface area contributed by atoms with E-state index in [0.717, 1.165) is 0 Å². The highest BCUT2D eigenvalue weighted by atomic mass is 16.5. The summed E-state index contributed by atoms with van der Waals surface area (Å²) in [5.41, 5.74) is -1.03. The third-order valence-corrected chi connectivity index (χ3v) is 2.68. The molecule has 1 aliphatic heterocycles. The number of nitrogens with zero attached hydrogens (tertiary/aromatic N) is 1. The average molecular weight is 224 g/mol. The number of H-pyrrole nitrogens is 1. The van der Waals surface area contributed by atoms with Crippen LogP contribution >= 0.6 is 0 Å². The van der Waals surface area contributed by atoms with Crippen molar-refractivity contribution < 1.29 is 9.84 Å². The third kappa shape index (κ3) is 1.57. The normalized spacial score (nSPS) is 29.1. The van der Waals surface area contributed by atoms with Gasteiger partial charge in [-0.2, -0.15) is 0 Å². The van der Waals surface area contributed by atoms with E-state index in [0.29, 0.717) is 0 Å².